The van der Waals surface area contributed by atoms with Gasteiger partial charge in [0, 0.05) is 53.2 Å². The van der Waals surface area contributed by atoms with E-state index in [4.69, 9.17) is 19.9 Å². The molecule has 370 valence electrons. The molecule has 3 aliphatic rings. The third-order valence-corrected chi connectivity index (χ3v) is 15.8. The fraction of sp³-hybridized carbons (Fsp3) is 0.0769. The molecule has 0 radical (unpaired) electrons. The van der Waals surface area contributed by atoms with Gasteiger partial charge in [0.2, 0.25) is 0 Å². The maximum Gasteiger partial charge on any atom is 0.160 e. The Bertz CT molecular complexity index is 4020. The second-order valence-electron chi connectivity index (χ2n) is 19.8. The molecule has 0 bridgehead atoms. The molecule has 0 N–H and O–H groups in total. The van der Waals surface area contributed by atoms with E-state index in [9.17, 15) is 0 Å². The number of nitrogens with zero attached hydrogens (tertiary/aromatic N) is 12. The van der Waals surface area contributed by atoms with Crippen molar-refractivity contribution in [1.29, 1.82) is 0 Å². The van der Waals surface area contributed by atoms with Crippen molar-refractivity contribution < 1.29 is 0 Å². The Morgan fingerprint density at radius 3 is 0.844 bits per heavy atom. The third-order valence-electron chi connectivity index (χ3n) is 15.8. The molecule has 77 heavy (non-hydrogen) atoms. The number of fused-ring (bicyclic) bond motifs is 8. The van der Waals surface area contributed by atoms with Gasteiger partial charge in [0.15, 0.2) is 11.3 Å². The highest BCUT2D eigenvalue weighted by Crippen LogP contribution is 2.67. The summed E-state index contributed by atoms with van der Waals surface area (Å²) < 4.78 is 4.35. The lowest BCUT2D eigenvalue weighted by molar-refractivity contribution is 0.934. The van der Waals surface area contributed by atoms with Crippen molar-refractivity contribution in [2.24, 2.45) is 14.1 Å². The summed E-state index contributed by atoms with van der Waals surface area (Å²) in [5.41, 5.74) is 21.9. The number of aromatic nitrogens is 6. The second-order valence-corrected chi connectivity index (χ2v) is 19.8. The summed E-state index contributed by atoms with van der Waals surface area (Å²) in [5, 5.41) is 0. The van der Waals surface area contributed by atoms with Gasteiger partial charge in [-0.1, -0.05) is 103 Å². The Hall–Kier alpha value is -10.2. The predicted molar refractivity (Wildman–Crippen MR) is 315 cm³/mol. The molecule has 8 aromatic carbocycles. The quantitative estimate of drug-likeness (QED) is 0.161. The number of hydrogen-bond acceptors (Lipinski definition) is 10. The fourth-order valence-corrected chi connectivity index (χ4v) is 12.3. The van der Waals surface area contributed by atoms with Gasteiger partial charge in [0.1, 0.15) is 22.7 Å². The first-order valence-corrected chi connectivity index (χ1v) is 25.9. The van der Waals surface area contributed by atoms with Crippen LogP contribution >= 0.6 is 0 Å². The zero-order valence-electron chi connectivity index (χ0n) is 43.1. The van der Waals surface area contributed by atoms with Gasteiger partial charge >= 0.3 is 0 Å². The molecule has 0 unspecified atom stereocenters. The van der Waals surface area contributed by atoms with Crippen LogP contribution < -0.4 is 29.4 Å². The molecular weight excluding hydrogens is 949 g/mol. The highest BCUT2D eigenvalue weighted by molar-refractivity contribution is 6.21. The average Bonchev–Trinajstić information content (AvgIpc) is 4.02. The Morgan fingerprint density at radius 1 is 0.273 bits per heavy atom. The van der Waals surface area contributed by atoms with Crippen molar-refractivity contribution in [3.8, 4) is 33.9 Å². The lowest BCUT2D eigenvalue weighted by Gasteiger charge is -2.46. The Labute approximate surface area is 445 Å². The van der Waals surface area contributed by atoms with Crippen LogP contribution in [-0.2, 0) is 14.1 Å². The van der Waals surface area contributed by atoms with E-state index in [1.54, 1.807) is 0 Å². The molecule has 12 nitrogen and oxygen atoms in total. The smallest absolute Gasteiger partial charge is 0.160 e. The van der Waals surface area contributed by atoms with Crippen molar-refractivity contribution >= 4 is 108 Å². The topological polar surface area (TPSA) is 80.9 Å². The van der Waals surface area contributed by atoms with Crippen LogP contribution in [-0.4, -0.2) is 50.2 Å². The summed E-state index contributed by atoms with van der Waals surface area (Å²) in [7, 11) is 10.7. The van der Waals surface area contributed by atoms with E-state index in [2.05, 4.69) is 262 Å². The number of pyridine rings is 2. The van der Waals surface area contributed by atoms with E-state index in [1.807, 2.05) is 24.5 Å². The van der Waals surface area contributed by atoms with Crippen LogP contribution in [0.25, 0.3) is 56.2 Å². The second kappa shape index (κ2) is 16.9. The molecular formula is C65H50N12. The number of anilines is 15. The molecule has 0 atom stereocenters. The number of imidazole rings is 2. The Balaban J connectivity index is 1.28. The monoisotopic (exact) mass is 998 g/mol. The van der Waals surface area contributed by atoms with Crippen molar-refractivity contribution in [3.05, 3.63) is 213 Å². The standard InChI is InChI=1S/C65H50N12/c1-70-44-27-9-15-33-50(44)75(51-34-16-10-28-45(51)70)59-56(41-23-7-6-8-24-41)60(76-52-35-17-11-29-46(52)71(2)47-30-12-18-36-53(47)76)58(65-69-43-26-22-40-67-63(43)74(65)5)61(57(59)64-68-42-25-21-39-66-62(42)73(64)4)77-54-37-19-13-31-48(54)72(3)49-32-14-20-38-55(49)77/h6-40H,1-5H3. The summed E-state index contributed by atoms with van der Waals surface area (Å²) in [6.07, 6.45) is 3.71. The molecule has 3 aliphatic heterocycles. The summed E-state index contributed by atoms with van der Waals surface area (Å²) in [5.74, 6) is 1.46. The molecule has 7 heterocycles. The maximum absolute atomic E-state index is 5.77. The molecule has 0 amide bonds. The molecule has 0 fully saturated rings. The first-order chi connectivity index (χ1) is 37.9. The van der Waals surface area contributed by atoms with Crippen molar-refractivity contribution in [2.45, 2.75) is 0 Å². The normalized spacial score (nSPS) is 13.4. The minimum Gasteiger partial charge on any atom is -0.341 e. The molecule has 4 aromatic heterocycles. The summed E-state index contributed by atoms with van der Waals surface area (Å²) in [6, 6.07) is 71.5. The maximum atomic E-state index is 5.77. The van der Waals surface area contributed by atoms with Crippen LogP contribution in [0.15, 0.2) is 213 Å². The van der Waals surface area contributed by atoms with E-state index in [1.165, 1.54) is 0 Å². The first kappa shape index (κ1) is 44.3. The molecule has 0 saturated carbocycles. The molecule has 12 aromatic rings. The van der Waals surface area contributed by atoms with Gasteiger partial charge in [-0.15, -0.1) is 0 Å². The molecule has 0 aliphatic carbocycles. The van der Waals surface area contributed by atoms with Crippen molar-refractivity contribution in [1.82, 2.24) is 29.1 Å². The minimum absolute atomic E-state index is 0.729. The minimum atomic E-state index is 0.729. The Morgan fingerprint density at radius 2 is 0.545 bits per heavy atom. The van der Waals surface area contributed by atoms with Crippen molar-refractivity contribution in [2.75, 3.05) is 50.5 Å². The third kappa shape index (κ3) is 6.32. The van der Waals surface area contributed by atoms with Gasteiger partial charge in [-0.3, -0.25) is 0 Å². The van der Waals surface area contributed by atoms with Crippen LogP contribution in [0.2, 0.25) is 0 Å². The zero-order valence-corrected chi connectivity index (χ0v) is 43.1. The molecule has 0 spiro atoms. The lowest BCUT2D eigenvalue weighted by atomic mass is 9.86. The summed E-state index contributed by atoms with van der Waals surface area (Å²) >= 11 is 0. The van der Waals surface area contributed by atoms with E-state index in [-0.39, 0.29) is 0 Å². The van der Waals surface area contributed by atoms with Gasteiger partial charge in [0.25, 0.3) is 0 Å². The van der Waals surface area contributed by atoms with E-state index < -0.39 is 0 Å². The number of aryl methyl sites for hydroxylation is 2. The van der Waals surface area contributed by atoms with Gasteiger partial charge < -0.3 is 38.5 Å². The number of rotatable bonds is 6. The van der Waals surface area contributed by atoms with Gasteiger partial charge in [0.05, 0.1) is 96.4 Å². The first-order valence-electron chi connectivity index (χ1n) is 25.9. The van der Waals surface area contributed by atoms with Crippen molar-refractivity contribution in [3.63, 3.8) is 0 Å². The Kier molecular flexibility index (Phi) is 9.73. The van der Waals surface area contributed by atoms with E-state index in [0.29, 0.717) is 0 Å². The predicted octanol–water partition coefficient (Wildman–Crippen LogP) is 15.9. The van der Waals surface area contributed by atoms with E-state index >= 15 is 0 Å². The van der Waals surface area contributed by atoms with Crippen LogP contribution in [0.1, 0.15) is 0 Å². The largest absolute Gasteiger partial charge is 0.341 e. The number of hydrogen-bond donors (Lipinski definition) is 0. The summed E-state index contributed by atoms with van der Waals surface area (Å²) in [6.45, 7) is 0. The highest BCUT2D eigenvalue weighted by Gasteiger charge is 2.44. The highest BCUT2D eigenvalue weighted by atomic mass is 15.3. The van der Waals surface area contributed by atoms with Crippen LogP contribution in [0, 0.1) is 0 Å². The van der Waals surface area contributed by atoms with Gasteiger partial charge in [-0.05, 0) is 103 Å². The van der Waals surface area contributed by atoms with Crippen LogP contribution in [0.3, 0.4) is 0 Å². The average molecular weight is 999 g/mol. The lowest BCUT2D eigenvalue weighted by Crippen LogP contribution is -2.29. The molecule has 12 heteroatoms. The van der Waals surface area contributed by atoms with E-state index in [0.717, 1.165) is 142 Å². The van der Waals surface area contributed by atoms with Gasteiger partial charge in [-0.2, -0.15) is 0 Å². The SMILES string of the molecule is CN1c2ccccc2N(c2c(-c3ccccc3)c(N3c4ccccc4N(C)c4ccccc43)c(-c3nc4cccnc4n3C)c(N3c4ccccc4N(C)c4ccccc43)c2-c2nc3cccnc3n2C)c2ccccc21. The number of para-hydroxylation sites is 12. The van der Waals surface area contributed by atoms with Crippen LogP contribution in [0.4, 0.5) is 85.3 Å². The molecule has 0 saturated heterocycles. The zero-order chi connectivity index (χ0) is 51.6. The summed E-state index contributed by atoms with van der Waals surface area (Å²) in [4.78, 5) is 36.1. The fourth-order valence-electron chi connectivity index (χ4n) is 12.3. The molecule has 15 rings (SSSR count). The number of benzene rings is 8. The van der Waals surface area contributed by atoms with Gasteiger partial charge in [-0.25, -0.2) is 19.9 Å². The van der Waals surface area contributed by atoms with Crippen LogP contribution in [0.5, 0.6) is 0 Å².